The molecule has 2 heterocycles. The van der Waals surface area contributed by atoms with E-state index in [0.717, 1.165) is 24.3 Å². The fourth-order valence-electron chi connectivity index (χ4n) is 2.93. The van der Waals surface area contributed by atoms with Crippen molar-refractivity contribution in [1.29, 1.82) is 0 Å². The van der Waals surface area contributed by atoms with Gasteiger partial charge in [0.25, 0.3) is 5.91 Å². The van der Waals surface area contributed by atoms with Crippen LogP contribution >= 0.6 is 0 Å². The summed E-state index contributed by atoms with van der Waals surface area (Å²) >= 11 is 0. The number of ether oxygens (including phenoxy) is 1. The summed E-state index contributed by atoms with van der Waals surface area (Å²) in [5.41, 5.74) is -0.736. The Bertz CT molecular complexity index is 715. The van der Waals surface area contributed by atoms with Crippen LogP contribution in [0.1, 0.15) is 15.9 Å². The molecule has 3 rings (SSSR count). The Morgan fingerprint density at radius 1 is 1.17 bits per heavy atom. The van der Waals surface area contributed by atoms with Crippen LogP contribution in [0.3, 0.4) is 0 Å². The number of amides is 1. The molecular weight excluding hydrogens is 335 g/mol. The molecule has 1 aromatic rings. The molecule has 2 fully saturated rings. The zero-order valence-electron chi connectivity index (χ0n) is 11.9. The summed E-state index contributed by atoms with van der Waals surface area (Å²) in [5.74, 6) is -0.785. The summed E-state index contributed by atoms with van der Waals surface area (Å²) < 4.78 is 66.5. The second-order valence-electron chi connectivity index (χ2n) is 5.63. The quantitative estimate of drug-likeness (QED) is 0.768. The van der Waals surface area contributed by atoms with E-state index in [4.69, 9.17) is 4.74 Å². The minimum atomic E-state index is -4.47. The maximum absolute atomic E-state index is 12.6. The van der Waals surface area contributed by atoms with Crippen molar-refractivity contribution in [3.8, 4) is 0 Å². The molecule has 1 amide bonds. The largest absolute Gasteiger partial charge is 0.416 e. The second-order valence-corrected chi connectivity index (χ2v) is 7.78. The zero-order chi connectivity index (χ0) is 16.8. The van der Waals surface area contributed by atoms with E-state index >= 15 is 0 Å². The summed E-state index contributed by atoms with van der Waals surface area (Å²) in [6.07, 6.45) is -5.03. The Labute approximate surface area is 130 Å². The van der Waals surface area contributed by atoms with Crippen molar-refractivity contribution in [2.45, 2.75) is 18.3 Å². The summed E-state index contributed by atoms with van der Waals surface area (Å²) in [5, 5.41) is 0. The molecule has 0 spiro atoms. The Balaban J connectivity index is 1.82. The summed E-state index contributed by atoms with van der Waals surface area (Å²) in [7, 11) is -3.27. The monoisotopic (exact) mass is 349 g/mol. The average molecular weight is 349 g/mol. The first-order valence-electron chi connectivity index (χ1n) is 6.98. The van der Waals surface area contributed by atoms with Gasteiger partial charge in [0.2, 0.25) is 0 Å². The number of benzene rings is 1. The molecule has 0 N–H and O–H groups in total. The molecule has 0 aromatic heterocycles. The number of rotatable bonds is 1. The molecule has 23 heavy (non-hydrogen) atoms. The summed E-state index contributed by atoms with van der Waals surface area (Å²) in [4.78, 5) is 13.9. The number of carbonyl (C=O) groups excluding carboxylic acids is 1. The Morgan fingerprint density at radius 2 is 1.83 bits per heavy atom. The molecule has 2 aliphatic rings. The second kappa shape index (κ2) is 5.48. The summed E-state index contributed by atoms with van der Waals surface area (Å²) in [6, 6.07) is 3.33. The van der Waals surface area contributed by atoms with Gasteiger partial charge in [-0.3, -0.25) is 4.79 Å². The minimum Gasteiger partial charge on any atom is -0.373 e. The molecule has 2 saturated heterocycles. The number of morpholine rings is 1. The smallest absolute Gasteiger partial charge is 0.373 e. The molecule has 0 saturated carbocycles. The van der Waals surface area contributed by atoms with Crippen molar-refractivity contribution in [2.24, 2.45) is 0 Å². The lowest BCUT2D eigenvalue weighted by atomic mass is 10.1. The van der Waals surface area contributed by atoms with Crippen LogP contribution in [0.2, 0.25) is 0 Å². The predicted octanol–water partition coefficient (Wildman–Crippen LogP) is 1.34. The van der Waals surface area contributed by atoms with Gasteiger partial charge in [-0.1, -0.05) is 0 Å². The predicted molar refractivity (Wildman–Crippen MR) is 74.7 cm³/mol. The van der Waals surface area contributed by atoms with E-state index in [2.05, 4.69) is 0 Å². The van der Waals surface area contributed by atoms with Crippen LogP contribution in [-0.2, 0) is 20.8 Å². The third-order valence-electron chi connectivity index (χ3n) is 4.06. The van der Waals surface area contributed by atoms with Crippen LogP contribution in [0, 0.1) is 0 Å². The molecular formula is C14H14F3NO4S. The fraction of sp³-hybridized carbons (Fsp3) is 0.500. The first-order valence-corrected chi connectivity index (χ1v) is 8.80. The number of hydrogen-bond acceptors (Lipinski definition) is 4. The maximum atomic E-state index is 12.6. The number of sulfone groups is 1. The molecule has 1 aromatic carbocycles. The van der Waals surface area contributed by atoms with Gasteiger partial charge in [0.1, 0.15) is 0 Å². The topological polar surface area (TPSA) is 63.7 Å². The van der Waals surface area contributed by atoms with Crippen LogP contribution in [0.4, 0.5) is 13.2 Å². The summed E-state index contributed by atoms with van der Waals surface area (Å²) in [6.45, 7) is 0.430. The van der Waals surface area contributed by atoms with E-state index in [-0.39, 0.29) is 30.2 Å². The fourth-order valence-corrected chi connectivity index (χ4v) is 4.80. The van der Waals surface area contributed by atoms with Crippen LogP contribution < -0.4 is 0 Å². The lowest BCUT2D eigenvalue weighted by Crippen LogP contribution is -2.53. The standard InChI is InChI=1S/C14H14F3NO4S/c15-14(16,17)10-3-1-9(2-4-10)13(19)18-5-6-22-12-8-23(20,21)7-11(12)18/h1-4,11-12H,5-8H2. The van der Waals surface area contributed by atoms with Crippen molar-refractivity contribution in [1.82, 2.24) is 4.90 Å². The highest BCUT2D eigenvalue weighted by Crippen LogP contribution is 2.30. The Morgan fingerprint density at radius 3 is 2.43 bits per heavy atom. The first kappa shape index (κ1) is 16.3. The number of carbonyl (C=O) groups is 1. The SMILES string of the molecule is O=C(c1ccc(C(F)(F)F)cc1)N1CCOC2CS(=O)(=O)CC21. The molecule has 2 aliphatic heterocycles. The molecule has 126 valence electrons. The van der Waals surface area contributed by atoms with Gasteiger partial charge in [-0.15, -0.1) is 0 Å². The minimum absolute atomic E-state index is 0.1000. The highest BCUT2D eigenvalue weighted by atomic mass is 32.2. The third-order valence-corrected chi connectivity index (χ3v) is 5.74. The van der Waals surface area contributed by atoms with E-state index in [9.17, 15) is 26.4 Å². The van der Waals surface area contributed by atoms with Gasteiger partial charge in [-0.2, -0.15) is 13.2 Å². The molecule has 2 atom stereocenters. The lowest BCUT2D eigenvalue weighted by molar-refractivity contribution is -0.137. The van der Waals surface area contributed by atoms with Gasteiger partial charge in [0.05, 0.1) is 35.8 Å². The molecule has 0 aliphatic carbocycles. The molecule has 0 bridgehead atoms. The number of alkyl halides is 3. The van der Waals surface area contributed by atoms with Crippen LogP contribution in [0.5, 0.6) is 0 Å². The van der Waals surface area contributed by atoms with E-state index in [1.807, 2.05) is 0 Å². The van der Waals surface area contributed by atoms with Crippen LogP contribution in [-0.4, -0.2) is 56.0 Å². The highest BCUT2D eigenvalue weighted by molar-refractivity contribution is 7.91. The Hall–Kier alpha value is -1.61. The van der Waals surface area contributed by atoms with Crippen LogP contribution in [0.15, 0.2) is 24.3 Å². The van der Waals surface area contributed by atoms with Gasteiger partial charge in [0, 0.05) is 12.1 Å². The van der Waals surface area contributed by atoms with Crippen molar-refractivity contribution in [3.63, 3.8) is 0 Å². The number of hydrogen-bond donors (Lipinski definition) is 0. The number of nitrogens with zero attached hydrogens (tertiary/aromatic N) is 1. The van der Waals surface area contributed by atoms with Gasteiger partial charge in [-0.05, 0) is 24.3 Å². The maximum Gasteiger partial charge on any atom is 0.416 e. The normalized spacial score (nSPS) is 26.8. The van der Waals surface area contributed by atoms with Gasteiger partial charge < -0.3 is 9.64 Å². The molecule has 0 radical (unpaired) electrons. The lowest BCUT2D eigenvalue weighted by Gasteiger charge is -2.36. The van der Waals surface area contributed by atoms with Crippen molar-refractivity contribution in [3.05, 3.63) is 35.4 Å². The first-order chi connectivity index (χ1) is 10.7. The van der Waals surface area contributed by atoms with Crippen molar-refractivity contribution in [2.75, 3.05) is 24.7 Å². The van der Waals surface area contributed by atoms with Gasteiger partial charge in [-0.25, -0.2) is 8.42 Å². The van der Waals surface area contributed by atoms with Crippen molar-refractivity contribution < 1.29 is 31.1 Å². The zero-order valence-corrected chi connectivity index (χ0v) is 12.7. The highest BCUT2D eigenvalue weighted by Gasteiger charge is 2.45. The van der Waals surface area contributed by atoms with E-state index in [1.54, 1.807) is 0 Å². The Kier molecular flexibility index (Phi) is 3.88. The molecule has 9 heteroatoms. The number of halogens is 3. The molecule has 2 unspecified atom stereocenters. The average Bonchev–Trinajstić information content (AvgIpc) is 2.79. The van der Waals surface area contributed by atoms with Crippen LogP contribution in [0.25, 0.3) is 0 Å². The van der Waals surface area contributed by atoms with E-state index in [0.29, 0.717) is 0 Å². The van der Waals surface area contributed by atoms with Gasteiger partial charge in [0.15, 0.2) is 9.84 Å². The van der Waals surface area contributed by atoms with E-state index in [1.165, 1.54) is 4.90 Å². The molecule has 5 nitrogen and oxygen atoms in total. The van der Waals surface area contributed by atoms with Crippen molar-refractivity contribution >= 4 is 15.7 Å². The van der Waals surface area contributed by atoms with Gasteiger partial charge >= 0.3 is 6.18 Å². The number of fused-ring (bicyclic) bond motifs is 1. The van der Waals surface area contributed by atoms with E-state index < -0.39 is 39.6 Å². The third kappa shape index (κ3) is 3.20.